The second kappa shape index (κ2) is 8.48. The van der Waals surface area contributed by atoms with Crippen molar-refractivity contribution in [1.82, 2.24) is 4.90 Å². The van der Waals surface area contributed by atoms with Gasteiger partial charge >= 0.3 is 5.97 Å². The fraction of sp³-hybridized carbons (Fsp3) is 0.500. The van der Waals surface area contributed by atoms with E-state index in [1.807, 2.05) is 6.92 Å². The number of nitro benzene ring substituents is 1. The summed E-state index contributed by atoms with van der Waals surface area (Å²) in [5, 5.41) is 11.2. The maximum Gasteiger partial charge on any atom is 0.345 e. The number of hydrogen-bond acceptors (Lipinski definition) is 8. The predicted molar refractivity (Wildman–Crippen MR) is 88.5 cm³/mol. The minimum atomic E-state index is -0.993. The molecule has 142 valence electrons. The third-order valence-corrected chi connectivity index (χ3v) is 3.84. The molecule has 0 spiro atoms. The van der Waals surface area contributed by atoms with Crippen molar-refractivity contribution >= 4 is 17.6 Å². The van der Waals surface area contributed by atoms with E-state index < -0.39 is 29.1 Å². The van der Waals surface area contributed by atoms with Gasteiger partial charge in [0.1, 0.15) is 5.56 Å². The number of nitrogens with zero attached hydrogens (tertiary/aromatic N) is 2. The molecule has 0 radical (unpaired) electrons. The molecular formula is C16H20N2O8. The van der Waals surface area contributed by atoms with Gasteiger partial charge in [-0.05, 0) is 6.92 Å². The lowest BCUT2D eigenvalue weighted by Gasteiger charge is -2.30. The average molecular weight is 368 g/mol. The van der Waals surface area contributed by atoms with Gasteiger partial charge in [-0.15, -0.1) is 0 Å². The van der Waals surface area contributed by atoms with Crippen LogP contribution in [0.4, 0.5) is 5.69 Å². The van der Waals surface area contributed by atoms with Crippen LogP contribution in [-0.2, 0) is 14.3 Å². The van der Waals surface area contributed by atoms with Gasteiger partial charge in [-0.2, -0.15) is 0 Å². The molecule has 1 aromatic rings. The summed E-state index contributed by atoms with van der Waals surface area (Å²) in [5.74, 6) is -1.14. The zero-order valence-corrected chi connectivity index (χ0v) is 14.7. The Balaban J connectivity index is 2.13. The van der Waals surface area contributed by atoms with E-state index in [0.717, 1.165) is 12.1 Å². The zero-order valence-electron chi connectivity index (χ0n) is 14.7. The Labute approximate surface area is 149 Å². The van der Waals surface area contributed by atoms with E-state index in [4.69, 9.17) is 18.9 Å². The monoisotopic (exact) mass is 368 g/mol. The van der Waals surface area contributed by atoms with Gasteiger partial charge in [-0.3, -0.25) is 14.9 Å². The third kappa shape index (κ3) is 4.39. The number of esters is 1. The number of rotatable bonds is 6. The molecule has 1 aromatic carbocycles. The molecule has 0 N–H and O–H groups in total. The van der Waals surface area contributed by atoms with Crippen molar-refractivity contribution in [2.24, 2.45) is 0 Å². The van der Waals surface area contributed by atoms with E-state index in [-0.39, 0.29) is 23.2 Å². The molecule has 10 heteroatoms. The fourth-order valence-corrected chi connectivity index (χ4v) is 2.52. The van der Waals surface area contributed by atoms with Gasteiger partial charge in [0.15, 0.2) is 18.1 Å². The SMILES string of the molecule is COc1cc(C(=O)OCC(=O)N2CCOC(C)C2)c([N+](=O)[O-])cc1OC. The molecule has 10 nitrogen and oxygen atoms in total. The van der Waals surface area contributed by atoms with E-state index >= 15 is 0 Å². The highest BCUT2D eigenvalue weighted by molar-refractivity contribution is 5.96. The Morgan fingerprint density at radius 3 is 2.54 bits per heavy atom. The molecule has 1 saturated heterocycles. The number of morpholine rings is 1. The summed E-state index contributed by atoms with van der Waals surface area (Å²) < 4.78 is 20.4. The van der Waals surface area contributed by atoms with Crippen LogP contribution in [-0.4, -0.2) is 68.3 Å². The van der Waals surface area contributed by atoms with Crippen LogP contribution in [0, 0.1) is 10.1 Å². The molecule has 2 rings (SSSR count). The van der Waals surface area contributed by atoms with E-state index in [1.54, 1.807) is 0 Å². The second-order valence-electron chi connectivity index (χ2n) is 5.58. The summed E-state index contributed by atoms with van der Waals surface area (Å²) in [5.41, 5.74) is -0.823. The molecule has 26 heavy (non-hydrogen) atoms. The van der Waals surface area contributed by atoms with E-state index in [2.05, 4.69) is 0 Å². The quantitative estimate of drug-likeness (QED) is 0.415. The molecule has 1 aliphatic heterocycles. The Morgan fingerprint density at radius 2 is 1.96 bits per heavy atom. The number of amides is 1. The van der Waals surface area contributed by atoms with Crippen LogP contribution in [0.5, 0.6) is 11.5 Å². The van der Waals surface area contributed by atoms with Gasteiger partial charge in [0.05, 0.1) is 37.9 Å². The van der Waals surface area contributed by atoms with Gasteiger partial charge in [0.2, 0.25) is 0 Å². The molecule has 0 aromatic heterocycles. The Bertz CT molecular complexity index is 706. The van der Waals surface area contributed by atoms with E-state index in [9.17, 15) is 19.7 Å². The molecule has 1 amide bonds. The highest BCUT2D eigenvalue weighted by Crippen LogP contribution is 2.34. The van der Waals surface area contributed by atoms with Crippen molar-refractivity contribution in [2.45, 2.75) is 13.0 Å². The maximum absolute atomic E-state index is 12.3. The molecule has 1 fully saturated rings. The second-order valence-corrected chi connectivity index (χ2v) is 5.58. The number of ether oxygens (including phenoxy) is 4. The largest absolute Gasteiger partial charge is 0.493 e. The number of carbonyl (C=O) groups excluding carboxylic acids is 2. The minimum absolute atomic E-state index is 0.102. The first-order valence-corrected chi connectivity index (χ1v) is 7.84. The number of benzene rings is 1. The zero-order chi connectivity index (χ0) is 19.3. The molecule has 1 unspecified atom stereocenters. The molecular weight excluding hydrogens is 348 g/mol. The molecule has 0 bridgehead atoms. The first kappa shape index (κ1) is 19.4. The lowest BCUT2D eigenvalue weighted by molar-refractivity contribution is -0.385. The Morgan fingerprint density at radius 1 is 1.31 bits per heavy atom. The highest BCUT2D eigenvalue weighted by atomic mass is 16.6. The lowest BCUT2D eigenvalue weighted by atomic mass is 10.1. The molecule has 1 heterocycles. The molecule has 0 saturated carbocycles. The third-order valence-electron chi connectivity index (χ3n) is 3.84. The number of carbonyl (C=O) groups is 2. The minimum Gasteiger partial charge on any atom is -0.493 e. The number of nitro groups is 1. The summed E-state index contributed by atoms with van der Waals surface area (Å²) in [7, 11) is 2.66. The van der Waals surface area contributed by atoms with Gasteiger partial charge in [0, 0.05) is 19.2 Å². The van der Waals surface area contributed by atoms with Crippen LogP contribution >= 0.6 is 0 Å². The Hall–Kier alpha value is -2.88. The van der Waals surface area contributed by atoms with Crippen molar-refractivity contribution in [3.05, 3.63) is 27.8 Å². The van der Waals surface area contributed by atoms with Crippen molar-refractivity contribution in [3.63, 3.8) is 0 Å². The smallest absolute Gasteiger partial charge is 0.345 e. The standard InChI is InChI=1S/C16H20N2O8/c1-10-8-17(4-5-25-10)15(19)9-26-16(20)11-6-13(23-2)14(24-3)7-12(11)18(21)22/h6-7,10H,4-5,8-9H2,1-3H3. The Kier molecular flexibility index (Phi) is 6.34. The fourth-order valence-electron chi connectivity index (χ4n) is 2.52. The lowest BCUT2D eigenvalue weighted by Crippen LogP contribution is -2.46. The summed E-state index contributed by atoms with van der Waals surface area (Å²) in [6.07, 6.45) is -0.102. The van der Waals surface area contributed by atoms with Crippen LogP contribution in [0.25, 0.3) is 0 Å². The molecule has 0 aliphatic carbocycles. The maximum atomic E-state index is 12.3. The van der Waals surface area contributed by atoms with Crippen LogP contribution in [0.1, 0.15) is 17.3 Å². The van der Waals surface area contributed by atoms with Gasteiger partial charge in [-0.25, -0.2) is 4.79 Å². The first-order valence-electron chi connectivity index (χ1n) is 7.84. The van der Waals surface area contributed by atoms with Crippen molar-refractivity contribution < 1.29 is 33.5 Å². The van der Waals surface area contributed by atoms with Crippen LogP contribution < -0.4 is 9.47 Å². The van der Waals surface area contributed by atoms with Crippen LogP contribution in [0.3, 0.4) is 0 Å². The van der Waals surface area contributed by atoms with Crippen molar-refractivity contribution in [1.29, 1.82) is 0 Å². The highest BCUT2D eigenvalue weighted by Gasteiger charge is 2.27. The normalized spacial score (nSPS) is 16.7. The average Bonchev–Trinajstić information content (AvgIpc) is 2.64. The predicted octanol–water partition coefficient (Wildman–Crippen LogP) is 1.02. The van der Waals surface area contributed by atoms with Gasteiger partial charge in [0.25, 0.3) is 11.6 Å². The number of methoxy groups -OCH3 is 2. The van der Waals surface area contributed by atoms with Crippen LogP contribution in [0.2, 0.25) is 0 Å². The van der Waals surface area contributed by atoms with E-state index in [1.165, 1.54) is 19.1 Å². The first-order chi connectivity index (χ1) is 12.4. The summed E-state index contributed by atoms with van der Waals surface area (Å²) >= 11 is 0. The van der Waals surface area contributed by atoms with Crippen molar-refractivity contribution in [2.75, 3.05) is 40.5 Å². The summed E-state index contributed by atoms with van der Waals surface area (Å²) in [6.45, 7) is 2.52. The van der Waals surface area contributed by atoms with E-state index in [0.29, 0.717) is 19.7 Å². The molecule has 1 aliphatic rings. The number of hydrogen-bond donors (Lipinski definition) is 0. The topological polar surface area (TPSA) is 117 Å². The molecule has 1 atom stereocenters. The summed E-state index contributed by atoms with van der Waals surface area (Å²) in [4.78, 5) is 36.4. The summed E-state index contributed by atoms with van der Waals surface area (Å²) in [6, 6.07) is 2.22. The van der Waals surface area contributed by atoms with Crippen LogP contribution in [0.15, 0.2) is 12.1 Å². The van der Waals surface area contributed by atoms with Gasteiger partial charge < -0.3 is 23.8 Å². The van der Waals surface area contributed by atoms with Gasteiger partial charge in [-0.1, -0.05) is 0 Å². The van der Waals surface area contributed by atoms with Crippen molar-refractivity contribution in [3.8, 4) is 11.5 Å².